The quantitative estimate of drug-likeness (QED) is 0.781. The maximum atomic E-state index is 12.6. The van der Waals surface area contributed by atoms with Gasteiger partial charge in [0.2, 0.25) is 5.91 Å². The van der Waals surface area contributed by atoms with Gasteiger partial charge in [0.25, 0.3) is 0 Å². The molecule has 0 fully saturated rings. The van der Waals surface area contributed by atoms with Crippen molar-refractivity contribution in [2.45, 2.75) is 33.0 Å². The molecule has 2 heterocycles. The Bertz CT molecular complexity index is 910. The Morgan fingerprint density at radius 1 is 1.17 bits per heavy atom. The predicted molar refractivity (Wildman–Crippen MR) is 92.7 cm³/mol. The van der Waals surface area contributed by atoms with Crippen molar-refractivity contribution in [2.24, 2.45) is 0 Å². The zero-order valence-corrected chi connectivity index (χ0v) is 13.8. The molecule has 6 heteroatoms. The number of carbonyl (C=O) groups excluding carboxylic acids is 1. The predicted octanol–water partition coefficient (Wildman–Crippen LogP) is 2.10. The summed E-state index contributed by atoms with van der Waals surface area (Å²) in [4.78, 5) is 29.2. The van der Waals surface area contributed by atoms with E-state index in [0.29, 0.717) is 17.7 Å². The fourth-order valence-electron chi connectivity index (χ4n) is 2.72. The largest absolute Gasteiger partial charge is 0.350 e. The van der Waals surface area contributed by atoms with E-state index in [0.717, 1.165) is 5.56 Å². The first-order valence-electron chi connectivity index (χ1n) is 7.94. The first kappa shape index (κ1) is 16.0. The second-order valence-corrected chi connectivity index (χ2v) is 5.94. The summed E-state index contributed by atoms with van der Waals surface area (Å²) in [5, 5.41) is 2.85. The molecule has 0 aliphatic heterocycles. The van der Waals surface area contributed by atoms with E-state index >= 15 is 0 Å². The van der Waals surface area contributed by atoms with E-state index in [4.69, 9.17) is 0 Å². The molecule has 0 saturated heterocycles. The third-order valence-corrected chi connectivity index (χ3v) is 3.87. The molecular weight excluding hydrogens is 304 g/mol. The number of hydrogen-bond donors (Lipinski definition) is 1. The van der Waals surface area contributed by atoms with Crippen molar-refractivity contribution in [1.29, 1.82) is 0 Å². The monoisotopic (exact) mass is 324 g/mol. The normalized spacial score (nSPS) is 11.1. The van der Waals surface area contributed by atoms with Crippen LogP contribution in [0, 0.1) is 0 Å². The summed E-state index contributed by atoms with van der Waals surface area (Å²) in [5.74, 6) is -0.201. The molecule has 0 saturated carbocycles. The van der Waals surface area contributed by atoms with Gasteiger partial charge in [-0.3, -0.25) is 13.9 Å². The number of carbonyl (C=O) groups is 1. The lowest BCUT2D eigenvalue weighted by Gasteiger charge is -2.07. The maximum Gasteiger partial charge on any atom is 0.331 e. The number of aromatic nitrogens is 3. The third-order valence-electron chi connectivity index (χ3n) is 3.87. The van der Waals surface area contributed by atoms with Gasteiger partial charge in [0.15, 0.2) is 5.65 Å². The second kappa shape index (κ2) is 6.70. The van der Waals surface area contributed by atoms with Gasteiger partial charge < -0.3 is 5.32 Å². The third kappa shape index (κ3) is 3.08. The maximum absolute atomic E-state index is 12.6. The van der Waals surface area contributed by atoms with Gasteiger partial charge in [-0.05, 0) is 31.5 Å². The molecule has 0 atom stereocenters. The topological polar surface area (TPSA) is 68.9 Å². The molecule has 0 aliphatic carbocycles. The van der Waals surface area contributed by atoms with Crippen molar-refractivity contribution in [3.05, 3.63) is 64.7 Å². The highest BCUT2D eigenvalue weighted by Gasteiger charge is 2.17. The Morgan fingerprint density at radius 2 is 1.92 bits per heavy atom. The van der Waals surface area contributed by atoms with Gasteiger partial charge in [-0.2, -0.15) is 0 Å². The van der Waals surface area contributed by atoms with E-state index in [9.17, 15) is 9.59 Å². The second-order valence-electron chi connectivity index (χ2n) is 5.94. The van der Waals surface area contributed by atoms with Gasteiger partial charge in [-0.15, -0.1) is 0 Å². The number of imidazole rings is 1. The van der Waals surface area contributed by atoms with Crippen molar-refractivity contribution < 1.29 is 4.79 Å². The molecule has 6 nitrogen and oxygen atoms in total. The molecule has 124 valence electrons. The molecule has 2 aromatic heterocycles. The molecule has 0 bridgehead atoms. The number of nitrogens with one attached hydrogen (secondary N) is 1. The van der Waals surface area contributed by atoms with Crippen LogP contribution >= 0.6 is 0 Å². The number of nitrogens with zero attached hydrogens (tertiary/aromatic N) is 3. The van der Waals surface area contributed by atoms with Gasteiger partial charge in [0, 0.05) is 18.8 Å². The molecule has 0 aliphatic rings. The Hall–Kier alpha value is -2.89. The van der Waals surface area contributed by atoms with Gasteiger partial charge >= 0.3 is 5.69 Å². The van der Waals surface area contributed by atoms with Crippen LogP contribution in [0.1, 0.15) is 25.5 Å². The van der Waals surface area contributed by atoms with Crippen LogP contribution in [0.5, 0.6) is 0 Å². The minimum Gasteiger partial charge on any atom is -0.350 e. The van der Waals surface area contributed by atoms with E-state index < -0.39 is 0 Å². The molecule has 3 rings (SSSR count). The van der Waals surface area contributed by atoms with Crippen LogP contribution < -0.4 is 11.0 Å². The van der Waals surface area contributed by atoms with Gasteiger partial charge in [0.1, 0.15) is 6.54 Å². The molecular formula is C18H20N4O2. The molecule has 24 heavy (non-hydrogen) atoms. The van der Waals surface area contributed by atoms with Crippen LogP contribution in [0.15, 0.2) is 53.5 Å². The summed E-state index contributed by atoms with van der Waals surface area (Å²) in [7, 11) is 0. The van der Waals surface area contributed by atoms with Gasteiger partial charge in [0.05, 0.1) is 5.52 Å². The van der Waals surface area contributed by atoms with Crippen LogP contribution in [0.25, 0.3) is 11.2 Å². The molecule has 0 unspecified atom stereocenters. The van der Waals surface area contributed by atoms with E-state index in [-0.39, 0.29) is 24.2 Å². The zero-order chi connectivity index (χ0) is 17.1. The fourth-order valence-corrected chi connectivity index (χ4v) is 2.72. The van der Waals surface area contributed by atoms with Crippen molar-refractivity contribution in [3.63, 3.8) is 0 Å². The minimum absolute atomic E-state index is 0.0203. The summed E-state index contributed by atoms with van der Waals surface area (Å²) in [6, 6.07) is 13.2. The zero-order valence-electron chi connectivity index (χ0n) is 13.8. The van der Waals surface area contributed by atoms with Crippen molar-refractivity contribution in [1.82, 2.24) is 19.4 Å². The number of amides is 1. The summed E-state index contributed by atoms with van der Waals surface area (Å²) < 4.78 is 3.09. The average molecular weight is 324 g/mol. The summed E-state index contributed by atoms with van der Waals surface area (Å²) in [6.45, 7) is 4.27. The highest BCUT2D eigenvalue weighted by atomic mass is 16.2. The van der Waals surface area contributed by atoms with Gasteiger partial charge in [-0.25, -0.2) is 9.78 Å². The van der Waals surface area contributed by atoms with Crippen LogP contribution in [0.2, 0.25) is 0 Å². The van der Waals surface area contributed by atoms with Crippen molar-refractivity contribution in [3.8, 4) is 0 Å². The van der Waals surface area contributed by atoms with Crippen LogP contribution in [-0.4, -0.2) is 20.0 Å². The molecule has 1 amide bonds. The smallest absolute Gasteiger partial charge is 0.331 e. The van der Waals surface area contributed by atoms with Crippen LogP contribution in [0.4, 0.5) is 0 Å². The fraction of sp³-hybridized carbons (Fsp3) is 0.278. The Kier molecular flexibility index (Phi) is 4.46. The first-order valence-corrected chi connectivity index (χ1v) is 7.94. The number of fused-ring (bicyclic) bond motifs is 1. The van der Waals surface area contributed by atoms with E-state index in [2.05, 4.69) is 10.3 Å². The van der Waals surface area contributed by atoms with E-state index in [1.54, 1.807) is 16.8 Å². The highest BCUT2D eigenvalue weighted by Crippen LogP contribution is 2.14. The molecule has 1 aromatic carbocycles. The summed E-state index contributed by atoms with van der Waals surface area (Å²) >= 11 is 0. The van der Waals surface area contributed by atoms with Gasteiger partial charge in [-0.1, -0.05) is 30.3 Å². The molecule has 3 aromatic rings. The first-order chi connectivity index (χ1) is 11.6. The average Bonchev–Trinajstić information content (AvgIpc) is 2.86. The number of rotatable bonds is 5. The Labute approximate surface area is 139 Å². The van der Waals surface area contributed by atoms with Crippen molar-refractivity contribution >= 4 is 17.1 Å². The SMILES string of the molecule is CC(C)n1c(=O)n(CC(=O)NCc2ccccc2)c2cccnc21. The Morgan fingerprint density at radius 3 is 2.62 bits per heavy atom. The minimum atomic E-state index is -0.214. The summed E-state index contributed by atoms with van der Waals surface area (Å²) in [5.41, 5.74) is 2.08. The highest BCUT2D eigenvalue weighted by molar-refractivity contribution is 5.79. The summed E-state index contributed by atoms with van der Waals surface area (Å²) in [6.07, 6.45) is 1.65. The number of benzene rings is 1. The number of hydrogen-bond acceptors (Lipinski definition) is 3. The van der Waals surface area contributed by atoms with Crippen LogP contribution in [0.3, 0.4) is 0 Å². The standard InChI is InChI=1S/C18H20N4O2/c1-13(2)22-17-15(9-6-10-19-17)21(18(22)24)12-16(23)20-11-14-7-4-3-5-8-14/h3-10,13H,11-12H2,1-2H3,(H,20,23). The molecule has 0 radical (unpaired) electrons. The van der Waals surface area contributed by atoms with E-state index in [1.165, 1.54) is 4.57 Å². The lowest BCUT2D eigenvalue weighted by Crippen LogP contribution is -2.33. The lowest BCUT2D eigenvalue weighted by atomic mass is 10.2. The molecule has 1 N–H and O–H groups in total. The number of pyridine rings is 1. The van der Waals surface area contributed by atoms with E-state index in [1.807, 2.05) is 50.2 Å². The van der Waals surface area contributed by atoms with Crippen molar-refractivity contribution in [2.75, 3.05) is 0 Å². The lowest BCUT2D eigenvalue weighted by molar-refractivity contribution is -0.121. The Balaban J connectivity index is 1.83. The van der Waals surface area contributed by atoms with Crippen LogP contribution in [-0.2, 0) is 17.9 Å². The molecule has 0 spiro atoms.